The van der Waals surface area contributed by atoms with Crippen LogP contribution in [0.3, 0.4) is 0 Å². The van der Waals surface area contributed by atoms with Gasteiger partial charge in [0.25, 0.3) is 0 Å². The quantitative estimate of drug-likeness (QED) is 0.371. The highest BCUT2D eigenvalue weighted by molar-refractivity contribution is 7.60. The number of aliphatic hydroxyl groups is 3. The predicted molar refractivity (Wildman–Crippen MR) is 106 cm³/mol. The maximum Gasteiger partial charge on any atom is 0.246 e. The van der Waals surface area contributed by atoms with Crippen LogP contribution in [0.4, 0.5) is 0 Å². The summed E-state index contributed by atoms with van der Waals surface area (Å²) in [4.78, 5) is 12.6. The van der Waals surface area contributed by atoms with Crippen LogP contribution in [0.5, 0.6) is 5.88 Å². The summed E-state index contributed by atoms with van der Waals surface area (Å²) in [5.74, 6) is 3.01. The lowest BCUT2D eigenvalue weighted by molar-refractivity contribution is -0.0511. The van der Waals surface area contributed by atoms with E-state index in [-0.39, 0.29) is 12.5 Å². The fourth-order valence-electron chi connectivity index (χ4n) is 2.50. The second-order valence-corrected chi connectivity index (χ2v) is 5.89. The smallest absolute Gasteiger partial charge is 0.246 e. The molecule has 137 valence electrons. The molecule has 1 aliphatic heterocycles. The summed E-state index contributed by atoms with van der Waals surface area (Å²) in [7, 11) is 15.8. The van der Waals surface area contributed by atoms with Gasteiger partial charge in [0.1, 0.15) is 24.1 Å². The summed E-state index contributed by atoms with van der Waals surface area (Å²) in [6.07, 6.45) is 1.88. The molecule has 4 atom stereocenters. The molecule has 3 N–H and O–H groups in total. The van der Waals surface area contributed by atoms with Crippen molar-refractivity contribution in [3.63, 3.8) is 0 Å². The van der Waals surface area contributed by atoms with Gasteiger partial charge in [0.2, 0.25) is 5.88 Å². The normalized spacial score (nSPS) is 23.5. The second kappa shape index (κ2) is 10.0. The van der Waals surface area contributed by atoms with Crippen molar-refractivity contribution >= 4 is 47.8 Å². The summed E-state index contributed by atoms with van der Waals surface area (Å²) in [5, 5.41) is 29.2. The number of terminal acetylenes is 1. The minimum Gasteiger partial charge on any atom is -0.463 e. The zero-order chi connectivity index (χ0) is 20.8. The first-order chi connectivity index (χ1) is 13.3. The Morgan fingerprint density at radius 1 is 1.39 bits per heavy atom. The number of hydrogen-bond acceptors (Lipinski definition) is 8. The minimum absolute atomic E-state index is 0.0340. The van der Waals surface area contributed by atoms with Crippen LogP contribution in [-0.4, -0.2) is 103 Å². The van der Waals surface area contributed by atoms with Gasteiger partial charge in [-0.1, -0.05) is 5.92 Å². The van der Waals surface area contributed by atoms with Gasteiger partial charge in [-0.05, 0) is 6.92 Å². The first kappa shape index (κ1) is 22.4. The lowest BCUT2D eigenvalue weighted by Crippen LogP contribution is -2.33. The van der Waals surface area contributed by atoms with Crippen molar-refractivity contribution in [3.05, 3.63) is 12.2 Å². The number of imidazole rings is 1. The fourth-order valence-corrected chi connectivity index (χ4v) is 2.50. The van der Waals surface area contributed by atoms with Crippen molar-refractivity contribution in [1.82, 2.24) is 19.5 Å². The van der Waals surface area contributed by atoms with E-state index in [1.165, 1.54) is 18.0 Å². The fraction of sp³-hybridized carbons (Fsp3) is 0.500. The Bertz CT molecular complexity index is 832. The van der Waals surface area contributed by atoms with Gasteiger partial charge >= 0.3 is 0 Å². The van der Waals surface area contributed by atoms with Gasteiger partial charge in [0.15, 0.2) is 24.0 Å². The van der Waals surface area contributed by atoms with Gasteiger partial charge in [-0.15, -0.1) is 6.42 Å². The SMILES string of the molecule is C#CCOc1nc(C)nc2c1ncn2[C@@H]1O[C@H](CO)[C@H](O)C1O.[B][B]B([B])[B]. The van der Waals surface area contributed by atoms with E-state index < -0.39 is 37.5 Å². The maximum absolute atomic E-state index is 10.1. The molecule has 1 unspecified atom stereocenters. The highest BCUT2D eigenvalue weighted by Crippen LogP contribution is 2.32. The monoisotopic (exact) mass is 375 g/mol. The predicted octanol–water partition coefficient (Wildman–Crippen LogP) is -3.15. The third kappa shape index (κ3) is 4.91. The van der Waals surface area contributed by atoms with Crippen LogP contribution >= 0.6 is 0 Å². The third-order valence-electron chi connectivity index (χ3n) is 3.81. The van der Waals surface area contributed by atoms with E-state index in [9.17, 15) is 15.3 Å². The molecule has 1 aliphatic rings. The molecule has 14 heteroatoms. The summed E-state index contributed by atoms with van der Waals surface area (Å²) in [6.45, 7) is 1.30. The minimum atomic E-state index is -1.23. The van der Waals surface area contributed by atoms with E-state index in [0.717, 1.165) is 0 Å². The summed E-state index contributed by atoms with van der Waals surface area (Å²) < 4.78 is 12.3. The molecule has 1 fully saturated rings. The van der Waals surface area contributed by atoms with Crippen molar-refractivity contribution in [2.75, 3.05) is 13.2 Å². The first-order valence-electron chi connectivity index (χ1n) is 8.30. The number of rotatable bonds is 5. The molecule has 0 saturated carbocycles. The number of ether oxygens (including phenoxy) is 2. The van der Waals surface area contributed by atoms with Crippen molar-refractivity contribution in [2.45, 2.75) is 31.5 Å². The van der Waals surface area contributed by atoms with E-state index in [4.69, 9.17) is 39.1 Å². The van der Waals surface area contributed by atoms with Gasteiger partial charge in [0.05, 0.1) is 12.9 Å². The number of fused-ring (bicyclic) bond motifs is 1. The average molecular weight is 374 g/mol. The molecule has 3 rings (SSSR count). The average Bonchev–Trinajstić information content (AvgIpc) is 3.21. The molecular formula is C14H16B5N4O5. The highest BCUT2D eigenvalue weighted by atomic mass is 16.6. The number of aliphatic hydroxyl groups excluding tert-OH is 3. The Kier molecular flexibility index (Phi) is 8.01. The molecule has 9 nitrogen and oxygen atoms in total. The van der Waals surface area contributed by atoms with E-state index in [0.29, 0.717) is 17.0 Å². The Balaban J connectivity index is 0.000000500. The Hall–Kier alpha value is -1.93. The third-order valence-corrected chi connectivity index (χ3v) is 3.81. The molecule has 0 bridgehead atoms. The van der Waals surface area contributed by atoms with E-state index in [1.807, 2.05) is 0 Å². The number of aromatic nitrogens is 4. The second-order valence-electron chi connectivity index (χ2n) is 5.89. The van der Waals surface area contributed by atoms with Gasteiger partial charge in [-0.3, -0.25) is 4.57 Å². The molecule has 0 aromatic carbocycles. The Morgan fingerprint density at radius 3 is 2.61 bits per heavy atom. The molecule has 2 aromatic rings. The van der Waals surface area contributed by atoms with Crippen LogP contribution in [0, 0.1) is 19.3 Å². The zero-order valence-corrected chi connectivity index (χ0v) is 15.2. The van der Waals surface area contributed by atoms with Crippen molar-refractivity contribution < 1.29 is 24.8 Å². The Morgan fingerprint density at radius 2 is 2.07 bits per heavy atom. The summed E-state index contributed by atoms with van der Waals surface area (Å²) in [5.41, 5.74) is 0.739. The Labute approximate surface area is 167 Å². The van der Waals surface area contributed by atoms with Crippen molar-refractivity contribution in [1.29, 1.82) is 0 Å². The molecule has 28 heavy (non-hydrogen) atoms. The van der Waals surface area contributed by atoms with Gasteiger partial charge < -0.3 is 24.8 Å². The highest BCUT2D eigenvalue weighted by Gasteiger charge is 2.44. The topological polar surface area (TPSA) is 123 Å². The van der Waals surface area contributed by atoms with Crippen molar-refractivity contribution in [3.8, 4) is 18.2 Å². The standard InChI is InChI=1S/C14H16N4O5.B5/c1-3-4-22-13-9-12(16-7(2)17-13)18(6-15-9)14-11(21)10(20)8(5-19)23-14;1-4-5(2)3/h1,6,8,10-11,14,19-21H,4-5H2,2H3;/t8-,10+,11?,14-;/m1./s1. The molecule has 1 saturated heterocycles. The summed E-state index contributed by atoms with van der Waals surface area (Å²) >= 11 is 0. The molecule has 0 spiro atoms. The molecule has 0 amide bonds. The molecule has 7 radical (unpaired) electrons. The molecule has 0 aliphatic carbocycles. The lowest BCUT2D eigenvalue weighted by Gasteiger charge is -2.16. The number of nitrogens with zero attached hydrogens (tertiary/aromatic N) is 4. The lowest BCUT2D eigenvalue weighted by atomic mass is 8.97. The largest absolute Gasteiger partial charge is 0.463 e. The van der Waals surface area contributed by atoms with Gasteiger partial charge in [-0.2, -0.15) is 4.98 Å². The van der Waals surface area contributed by atoms with Crippen LogP contribution in [0.1, 0.15) is 12.1 Å². The number of aryl methyl sites for hydroxylation is 1. The van der Waals surface area contributed by atoms with E-state index in [2.05, 4.69) is 20.9 Å². The van der Waals surface area contributed by atoms with Gasteiger partial charge in [-0.25, -0.2) is 9.97 Å². The summed E-state index contributed by atoms with van der Waals surface area (Å²) in [6, 6.07) is 0. The first-order valence-corrected chi connectivity index (χ1v) is 8.30. The molecular weight excluding hydrogens is 358 g/mol. The van der Waals surface area contributed by atoms with Crippen LogP contribution in [0.2, 0.25) is 0 Å². The van der Waals surface area contributed by atoms with E-state index in [1.54, 1.807) is 6.92 Å². The zero-order valence-electron chi connectivity index (χ0n) is 15.2. The van der Waals surface area contributed by atoms with Crippen LogP contribution in [-0.2, 0) is 4.74 Å². The van der Waals surface area contributed by atoms with E-state index >= 15 is 0 Å². The molecule has 2 aromatic heterocycles. The van der Waals surface area contributed by atoms with Crippen LogP contribution in [0.25, 0.3) is 11.2 Å². The molecule has 3 heterocycles. The van der Waals surface area contributed by atoms with Crippen LogP contribution in [0.15, 0.2) is 6.33 Å². The number of hydrogen-bond donors (Lipinski definition) is 3. The van der Waals surface area contributed by atoms with Crippen molar-refractivity contribution in [2.24, 2.45) is 0 Å². The maximum atomic E-state index is 10.1. The van der Waals surface area contributed by atoms with Crippen LogP contribution < -0.4 is 4.74 Å². The van der Waals surface area contributed by atoms with Gasteiger partial charge in [0, 0.05) is 36.7 Å².